The molecule has 39 heavy (non-hydrogen) atoms. The highest BCUT2D eigenvalue weighted by Crippen LogP contribution is 2.27. The van der Waals surface area contributed by atoms with Crippen molar-refractivity contribution in [1.29, 1.82) is 0 Å². The lowest BCUT2D eigenvalue weighted by molar-refractivity contribution is 0.0547. The first-order chi connectivity index (χ1) is 18.3. The molecule has 0 bridgehead atoms. The van der Waals surface area contributed by atoms with Crippen molar-refractivity contribution in [2.75, 3.05) is 44.8 Å². The Balaban J connectivity index is 1.30. The van der Waals surface area contributed by atoms with Crippen molar-refractivity contribution in [2.45, 2.75) is 77.4 Å². The normalized spacial score (nSPS) is 18.5. The van der Waals surface area contributed by atoms with Crippen molar-refractivity contribution in [3.8, 4) is 0 Å². The van der Waals surface area contributed by atoms with Crippen LogP contribution in [0.2, 0.25) is 0 Å². The van der Waals surface area contributed by atoms with E-state index >= 15 is 0 Å². The first-order valence-corrected chi connectivity index (χ1v) is 15.9. The number of rotatable bonds is 7. The van der Waals surface area contributed by atoms with Crippen molar-refractivity contribution in [2.24, 2.45) is 0 Å². The Hall–Kier alpha value is -2.49. The molecule has 4 rings (SSSR count). The van der Waals surface area contributed by atoms with Crippen LogP contribution in [0.1, 0.15) is 73.5 Å². The minimum absolute atomic E-state index is 0.0464. The third-order valence-electron chi connectivity index (χ3n) is 8.55. The summed E-state index contributed by atoms with van der Waals surface area (Å²) < 4.78 is 25.3. The fraction of sp³-hybridized carbons (Fsp3) is 0.600. The second kappa shape index (κ2) is 11.9. The second-order valence-corrected chi connectivity index (χ2v) is 14.3. The highest BCUT2D eigenvalue weighted by atomic mass is 32.2. The van der Waals surface area contributed by atoms with Gasteiger partial charge >= 0.3 is 0 Å². The van der Waals surface area contributed by atoms with Gasteiger partial charge in [0.05, 0.1) is 23.7 Å². The molecule has 1 aromatic heterocycles. The predicted molar refractivity (Wildman–Crippen MR) is 158 cm³/mol. The fourth-order valence-electron chi connectivity index (χ4n) is 5.73. The summed E-state index contributed by atoms with van der Waals surface area (Å²) in [5.74, 6) is 0.0464. The third kappa shape index (κ3) is 7.18. The molecule has 1 amide bonds. The molecule has 214 valence electrons. The molecule has 2 fully saturated rings. The number of sulfonamides is 1. The fourth-order valence-corrected chi connectivity index (χ4v) is 6.48. The van der Waals surface area contributed by atoms with E-state index in [1.165, 1.54) is 21.7 Å². The Kier molecular flexibility index (Phi) is 9.03. The van der Waals surface area contributed by atoms with Gasteiger partial charge in [0.2, 0.25) is 10.0 Å². The lowest BCUT2D eigenvalue weighted by Crippen LogP contribution is -2.52. The summed E-state index contributed by atoms with van der Waals surface area (Å²) in [6, 6.07) is 9.20. The Labute approximate surface area is 234 Å². The van der Waals surface area contributed by atoms with Gasteiger partial charge in [0, 0.05) is 45.0 Å². The van der Waals surface area contributed by atoms with E-state index in [9.17, 15) is 13.2 Å². The van der Waals surface area contributed by atoms with Gasteiger partial charge in [0.1, 0.15) is 0 Å². The maximum atomic E-state index is 13.5. The Morgan fingerprint density at radius 3 is 2.21 bits per heavy atom. The van der Waals surface area contributed by atoms with Crippen molar-refractivity contribution < 1.29 is 13.2 Å². The molecule has 2 saturated heterocycles. The van der Waals surface area contributed by atoms with Gasteiger partial charge in [0.15, 0.2) is 0 Å². The summed E-state index contributed by atoms with van der Waals surface area (Å²) in [5, 5.41) is 3.48. The van der Waals surface area contributed by atoms with Gasteiger partial charge in [-0.25, -0.2) is 12.7 Å². The number of anilines is 1. The summed E-state index contributed by atoms with van der Waals surface area (Å²) in [7, 11) is -1.47. The highest BCUT2D eigenvalue weighted by Gasteiger charge is 2.33. The number of nitrogens with one attached hydrogen (secondary N) is 1. The monoisotopic (exact) mass is 555 g/mol. The quantitative estimate of drug-likeness (QED) is 0.550. The molecular formula is C30H45N5O3S. The number of pyridine rings is 1. The number of piperidine rings is 2. The smallest absolute Gasteiger partial charge is 0.255 e. The molecular weight excluding hydrogens is 510 g/mol. The van der Waals surface area contributed by atoms with Crippen LogP contribution in [0.3, 0.4) is 0 Å². The van der Waals surface area contributed by atoms with Gasteiger partial charge in [-0.3, -0.25) is 9.78 Å². The number of amides is 1. The molecule has 3 heterocycles. The number of carbonyl (C=O) groups excluding carboxylic acids is 1. The Bertz CT molecular complexity index is 1240. The van der Waals surface area contributed by atoms with Gasteiger partial charge in [0.25, 0.3) is 5.91 Å². The molecule has 2 aromatic rings. The van der Waals surface area contributed by atoms with Crippen LogP contribution in [-0.4, -0.2) is 85.0 Å². The molecule has 0 radical (unpaired) electrons. The number of benzene rings is 1. The van der Waals surface area contributed by atoms with Crippen molar-refractivity contribution in [3.63, 3.8) is 0 Å². The van der Waals surface area contributed by atoms with Crippen LogP contribution in [0.25, 0.3) is 0 Å². The van der Waals surface area contributed by atoms with Gasteiger partial charge in [-0.15, -0.1) is 0 Å². The Morgan fingerprint density at radius 1 is 1.03 bits per heavy atom. The zero-order valence-electron chi connectivity index (χ0n) is 24.4. The molecule has 8 nitrogen and oxygen atoms in total. The molecule has 0 aliphatic carbocycles. The summed E-state index contributed by atoms with van der Waals surface area (Å²) in [6.45, 7) is 12.6. The topological polar surface area (TPSA) is 85.8 Å². The van der Waals surface area contributed by atoms with E-state index in [4.69, 9.17) is 0 Å². The lowest BCUT2D eigenvalue weighted by Gasteiger charge is -2.43. The lowest BCUT2D eigenvalue weighted by atomic mass is 9.87. The van der Waals surface area contributed by atoms with Crippen LogP contribution in [0, 0.1) is 6.92 Å². The number of nitrogens with zero attached hydrogens (tertiary/aromatic N) is 4. The molecule has 0 saturated carbocycles. The minimum atomic E-state index is -3.16. The Morgan fingerprint density at radius 2 is 1.64 bits per heavy atom. The average molecular weight is 556 g/mol. The van der Waals surface area contributed by atoms with Crippen molar-refractivity contribution in [3.05, 3.63) is 58.9 Å². The number of carbonyl (C=O) groups is 1. The minimum Gasteiger partial charge on any atom is -0.379 e. The van der Waals surface area contributed by atoms with Crippen molar-refractivity contribution in [1.82, 2.24) is 19.1 Å². The maximum Gasteiger partial charge on any atom is 0.255 e. The van der Waals surface area contributed by atoms with E-state index in [0.29, 0.717) is 18.2 Å². The molecule has 1 aromatic carbocycles. The summed E-state index contributed by atoms with van der Waals surface area (Å²) in [4.78, 5) is 22.3. The van der Waals surface area contributed by atoms with Gasteiger partial charge in [-0.1, -0.05) is 45.0 Å². The SMILES string of the molecule is Cc1c(NCc2ccc(C(C)(C)C)cc2)cncc1C(=O)N1CCC(N2CCC(N(C)S(C)(=O)=O)CC2)CC1. The summed E-state index contributed by atoms with van der Waals surface area (Å²) in [6.07, 6.45) is 8.35. The molecule has 9 heteroatoms. The summed E-state index contributed by atoms with van der Waals surface area (Å²) >= 11 is 0. The van der Waals surface area contributed by atoms with Crippen LogP contribution in [-0.2, 0) is 22.0 Å². The zero-order chi connectivity index (χ0) is 28.4. The van der Waals surface area contributed by atoms with Gasteiger partial charge in [-0.05, 0) is 67.8 Å². The summed E-state index contributed by atoms with van der Waals surface area (Å²) in [5.41, 5.74) is 5.10. The van der Waals surface area contributed by atoms with Crippen LogP contribution >= 0.6 is 0 Å². The van der Waals surface area contributed by atoms with Crippen molar-refractivity contribution >= 4 is 21.6 Å². The first-order valence-electron chi connectivity index (χ1n) is 14.1. The number of hydrogen-bond acceptors (Lipinski definition) is 6. The van der Waals surface area contributed by atoms with Gasteiger partial charge in [-0.2, -0.15) is 0 Å². The molecule has 0 atom stereocenters. The standard InChI is InChI=1S/C30H45N5O3S/c1-22-27(20-31-21-28(22)32-19-23-7-9-24(10-8-23)30(2,3)4)29(36)35-17-13-26(14-18-35)34-15-11-25(12-16-34)33(5)39(6,37)38/h7-10,20-21,25-26,32H,11-19H2,1-6H3. The van der Waals surface area contributed by atoms with Crippen LogP contribution in [0.15, 0.2) is 36.7 Å². The molecule has 1 N–H and O–H groups in total. The number of hydrogen-bond donors (Lipinski definition) is 1. The highest BCUT2D eigenvalue weighted by molar-refractivity contribution is 7.88. The van der Waals surface area contributed by atoms with E-state index in [1.54, 1.807) is 19.4 Å². The average Bonchev–Trinajstić information content (AvgIpc) is 2.91. The molecule has 2 aliphatic heterocycles. The second-order valence-electron chi connectivity index (χ2n) is 12.2. The third-order valence-corrected chi connectivity index (χ3v) is 9.90. The van der Waals surface area contributed by atoms with Crippen LogP contribution in [0.4, 0.5) is 5.69 Å². The molecule has 0 unspecified atom stereocenters. The van der Waals surface area contributed by atoms with Crippen LogP contribution < -0.4 is 5.32 Å². The van der Waals surface area contributed by atoms with E-state index < -0.39 is 10.0 Å². The molecule has 2 aliphatic rings. The van der Waals surface area contributed by atoms with Crippen LogP contribution in [0.5, 0.6) is 0 Å². The van der Waals surface area contributed by atoms with Gasteiger partial charge < -0.3 is 15.1 Å². The predicted octanol–water partition coefficient (Wildman–Crippen LogP) is 4.26. The number of likely N-dealkylation sites (tertiary alicyclic amines) is 2. The maximum absolute atomic E-state index is 13.5. The van der Waals surface area contributed by atoms with E-state index in [1.807, 2.05) is 11.8 Å². The zero-order valence-corrected chi connectivity index (χ0v) is 25.2. The first kappa shape index (κ1) is 29.5. The molecule has 0 spiro atoms. The largest absolute Gasteiger partial charge is 0.379 e. The van der Waals surface area contributed by atoms with E-state index in [2.05, 4.69) is 60.2 Å². The van der Waals surface area contributed by atoms with E-state index in [0.717, 1.165) is 63.1 Å². The number of aromatic nitrogens is 1. The van der Waals surface area contributed by atoms with E-state index in [-0.39, 0.29) is 17.4 Å².